The monoisotopic (exact) mass is 210 g/mol. The zero-order valence-corrected chi connectivity index (χ0v) is 9.07. The number of H-pyrrole nitrogens is 1. The summed E-state index contributed by atoms with van der Waals surface area (Å²) in [5.74, 6) is 0.0922. The fourth-order valence-corrected chi connectivity index (χ4v) is 1.52. The summed E-state index contributed by atoms with van der Waals surface area (Å²) < 4.78 is 0. The van der Waals surface area contributed by atoms with E-state index in [0.717, 1.165) is 31.6 Å². The Kier molecular flexibility index (Phi) is 4.74. The van der Waals surface area contributed by atoms with Crippen LogP contribution < -0.4 is 4.90 Å². The first-order valence-corrected chi connectivity index (χ1v) is 5.34. The van der Waals surface area contributed by atoms with E-state index in [9.17, 15) is 4.79 Å². The second kappa shape index (κ2) is 6.11. The van der Waals surface area contributed by atoms with Crippen LogP contribution in [0.1, 0.15) is 26.2 Å². The molecule has 0 unspecified atom stereocenters. The Balaban J connectivity index is 2.50. The molecule has 0 aromatic carbocycles. The standard InChI is InChI=1S/C11H18N2O2/c1-2-3-4-8-13(9-11(14)15)10-6-5-7-12-10/h5-7,12H,2-4,8-9H2,1H3,(H,14,15). The Morgan fingerprint density at radius 3 is 2.87 bits per heavy atom. The van der Waals surface area contributed by atoms with Crippen LogP contribution in [-0.4, -0.2) is 29.1 Å². The number of unbranched alkanes of at least 4 members (excludes halogenated alkanes) is 2. The largest absolute Gasteiger partial charge is 0.480 e. The van der Waals surface area contributed by atoms with Crippen LogP contribution in [0.2, 0.25) is 0 Å². The molecule has 0 aliphatic heterocycles. The molecule has 0 aliphatic carbocycles. The van der Waals surface area contributed by atoms with Crippen LogP contribution in [-0.2, 0) is 4.79 Å². The van der Waals surface area contributed by atoms with E-state index in [1.165, 1.54) is 0 Å². The molecule has 4 nitrogen and oxygen atoms in total. The zero-order valence-electron chi connectivity index (χ0n) is 9.07. The lowest BCUT2D eigenvalue weighted by molar-refractivity contribution is -0.135. The summed E-state index contributed by atoms with van der Waals surface area (Å²) in [7, 11) is 0. The van der Waals surface area contributed by atoms with Crippen LogP contribution in [0.25, 0.3) is 0 Å². The Bertz CT molecular complexity index is 283. The van der Waals surface area contributed by atoms with Gasteiger partial charge in [0.05, 0.1) is 0 Å². The number of carbonyl (C=O) groups is 1. The van der Waals surface area contributed by atoms with E-state index in [2.05, 4.69) is 11.9 Å². The first-order valence-electron chi connectivity index (χ1n) is 5.34. The summed E-state index contributed by atoms with van der Waals surface area (Å²) >= 11 is 0. The van der Waals surface area contributed by atoms with Crippen molar-refractivity contribution in [1.82, 2.24) is 4.98 Å². The van der Waals surface area contributed by atoms with Gasteiger partial charge in [-0.15, -0.1) is 0 Å². The van der Waals surface area contributed by atoms with E-state index in [-0.39, 0.29) is 6.54 Å². The van der Waals surface area contributed by atoms with Gasteiger partial charge in [-0.3, -0.25) is 4.79 Å². The van der Waals surface area contributed by atoms with Gasteiger partial charge >= 0.3 is 5.97 Å². The molecular weight excluding hydrogens is 192 g/mol. The molecule has 0 saturated carbocycles. The van der Waals surface area contributed by atoms with Crippen molar-refractivity contribution >= 4 is 11.8 Å². The number of nitrogens with zero attached hydrogens (tertiary/aromatic N) is 1. The quantitative estimate of drug-likeness (QED) is 0.677. The minimum atomic E-state index is -0.791. The molecule has 4 heteroatoms. The van der Waals surface area contributed by atoms with Gasteiger partial charge in [0.25, 0.3) is 0 Å². The van der Waals surface area contributed by atoms with Gasteiger partial charge in [-0.25, -0.2) is 0 Å². The van der Waals surface area contributed by atoms with E-state index in [0.29, 0.717) is 0 Å². The molecule has 1 aromatic rings. The van der Waals surface area contributed by atoms with E-state index in [1.54, 1.807) is 0 Å². The Morgan fingerprint density at radius 1 is 1.53 bits per heavy atom. The van der Waals surface area contributed by atoms with Gasteiger partial charge in [-0.2, -0.15) is 0 Å². The third-order valence-corrected chi connectivity index (χ3v) is 2.28. The lowest BCUT2D eigenvalue weighted by Crippen LogP contribution is -2.30. The summed E-state index contributed by atoms with van der Waals surface area (Å²) in [4.78, 5) is 15.6. The summed E-state index contributed by atoms with van der Waals surface area (Å²) in [6.07, 6.45) is 5.12. The van der Waals surface area contributed by atoms with Crippen molar-refractivity contribution in [3.63, 3.8) is 0 Å². The number of aromatic amines is 1. The molecule has 0 atom stereocenters. The number of carboxylic acid groups (broad SMARTS) is 1. The molecule has 0 amide bonds. The minimum Gasteiger partial charge on any atom is -0.480 e. The van der Waals surface area contributed by atoms with Crippen LogP contribution in [0.4, 0.5) is 5.82 Å². The summed E-state index contributed by atoms with van der Waals surface area (Å²) in [6.45, 7) is 2.99. The fourth-order valence-electron chi connectivity index (χ4n) is 1.52. The third kappa shape index (κ3) is 4.06. The maximum absolute atomic E-state index is 10.7. The molecule has 84 valence electrons. The number of nitrogens with one attached hydrogen (secondary N) is 1. The van der Waals surface area contributed by atoms with Crippen molar-refractivity contribution in [1.29, 1.82) is 0 Å². The Morgan fingerprint density at radius 2 is 2.33 bits per heavy atom. The number of hydrogen-bond donors (Lipinski definition) is 2. The first-order chi connectivity index (χ1) is 7.24. The number of rotatable bonds is 7. The predicted octanol–water partition coefficient (Wildman–Crippen LogP) is 2.10. The molecule has 0 aliphatic rings. The van der Waals surface area contributed by atoms with Crippen molar-refractivity contribution in [3.8, 4) is 0 Å². The molecule has 0 saturated heterocycles. The van der Waals surface area contributed by atoms with Crippen molar-refractivity contribution in [2.75, 3.05) is 18.0 Å². The van der Waals surface area contributed by atoms with Gasteiger partial charge in [-0.05, 0) is 18.6 Å². The van der Waals surface area contributed by atoms with Gasteiger partial charge in [0.1, 0.15) is 12.4 Å². The molecule has 0 spiro atoms. The molecule has 2 N–H and O–H groups in total. The second-order valence-corrected chi connectivity index (χ2v) is 3.58. The SMILES string of the molecule is CCCCCN(CC(=O)O)c1ccc[nH]1. The molecule has 0 radical (unpaired) electrons. The van der Waals surface area contributed by atoms with E-state index in [4.69, 9.17) is 5.11 Å². The summed E-state index contributed by atoms with van der Waals surface area (Å²) in [6, 6.07) is 3.78. The van der Waals surface area contributed by atoms with Crippen molar-refractivity contribution in [2.24, 2.45) is 0 Å². The van der Waals surface area contributed by atoms with Gasteiger partial charge in [-0.1, -0.05) is 19.8 Å². The van der Waals surface area contributed by atoms with E-state index < -0.39 is 5.97 Å². The van der Waals surface area contributed by atoms with Crippen molar-refractivity contribution in [2.45, 2.75) is 26.2 Å². The fraction of sp³-hybridized carbons (Fsp3) is 0.545. The first kappa shape index (κ1) is 11.6. The molecule has 1 aromatic heterocycles. The highest BCUT2D eigenvalue weighted by Crippen LogP contribution is 2.11. The zero-order chi connectivity index (χ0) is 11.1. The van der Waals surface area contributed by atoms with Gasteiger partial charge < -0.3 is 15.0 Å². The van der Waals surface area contributed by atoms with Crippen LogP contribution in [0, 0.1) is 0 Å². The molecule has 15 heavy (non-hydrogen) atoms. The lowest BCUT2D eigenvalue weighted by Gasteiger charge is -2.20. The van der Waals surface area contributed by atoms with Gasteiger partial charge in [0, 0.05) is 12.7 Å². The summed E-state index contributed by atoms with van der Waals surface area (Å²) in [5.41, 5.74) is 0. The average molecular weight is 210 g/mol. The number of hydrogen-bond acceptors (Lipinski definition) is 2. The lowest BCUT2D eigenvalue weighted by atomic mass is 10.2. The minimum absolute atomic E-state index is 0.0597. The second-order valence-electron chi connectivity index (χ2n) is 3.58. The number of aromatic nitrogens is 1. The Labute approximate surface area is 89.9 Å². The number of anilines is 1. The smallest absolute Gasteiger partial charge is 0.323 e. The highest BCUT2D eigenvalue weighted by molar-refractivity contribution is 5.73. The van der Waals surface area contributed by atoms with Crippen molar-refractivity contribution < 1.29 is 9.90 Å². The average Bonchev–Trinajstić information content (AvgIpc) is 2.68. The topological polar surface area (TPSA) is 56.3 Å². The van der Waals surface area contributed by atoms with E-state index in [1.807, 2.05) is 23.2 Å². The molecule has 0 fully saturated rings. The third-order valence-electron chi connectivity index (χ3n) is 2.28. The highest BCUT2D eigenvalue weighted by Gasteiger charge is 2.10. The molecular formula is C11H18N2O2. The molecule has 1 rings (SSSR count). The number of carboxylic acids is 1. The van der Waals surface area contributed by atoms with Gasteiger partial charge in [0.2, 0.25) is 0 Å². The number of aliphatic carboxylic acids is 1. The van der Waals surface area contributed by atoms with Crippen LogP contribution in [0.5, 0.6) is 0 Å². The maximum atomic E-state index is 10.7. The van der Waals surface area contributed by atoms with Gasteiger partial charge in [0.15, 0.2) is 0 Å². The van der Waals surface area contributed by atoms with Crippen LogP contribution >= 0.6 is 0 Å². The highest BCUT2D eigenvalue weighted by atomic mass is 16.4. The molecule has 0 bridgehead atoms. The normalized spacial score (nSPS) is 10.2. The predicted molar refractivity (Wildman–Crippen MR) is 60.2 cm³/mol. The molecule has 1 heterocycles. The summed E-state index contributed by atoms with van der Waals surface area (Å²) in [5, 5.41) is 8.78. The van der Waals surface area contributed by atoms with Crippen LogP contribution in [0.3, 0.4) is 0 Å². The van der Waals surface area contributed by atoms with Crippen molar-refractivity contribution in [3.05, 3.63) is 18.3 Å². The Hall–Kier alpha value is -1.45. The van der Waals surface area contributed by atoms with E-state index >= 15 is 0 Å². The van der Waals surface area contributed by atoms with Crippen LogP contribution in [0.15, 0.2) is 18.3 Å². The maximum Gasteiger partial charge on any atom is 0.323 e.